The van der Waals surface area contributed by atoms with Gasteiger partial charge in [0, 0.05) is 12.8 Å². The highest BCUT2D eigenvalue weighted by Crippen LogP contribution is 2.29. The summed E-state index contributed by atoms with van der Waals surface area (Å²) in [5.74, 6) is -1.35. The van der Waals surface area contributed by atoms with Crippen LogP contribution in [0, 0.1) is 0 Å². The van der Waals surface area contributed by atoms with E-state index in [1.807, 2.05) is 24.3 Å². The molecule has 2 aromatic heterocycles. The molecular weight excluding hydrogens is 513 g/mol. The van der Waals surface area contributed by atoms with Crippen molar-refractivity contribution in [3.05, 3.63) is 71.3 Å². The second kappa shape index (κ2) is 11.5. The number of methoxy groups -OCH3 is 1. The van der Waals surface area contributed by atoms with Crippen LogP contribution < -0.4 is 4.74 Å². The van der Waals surface area contributed by atoms with Crippen LogP contribution in [0.5, 0.6) is 5.75 Å². The molecule has 0 amide bonds. The standard InChI is InChI=1S/C28H33F3N4O4/c1-26(2,3)19-9-7-18(8-10-19)13-20(36)14-22(23-12-11-21(15-32-23)39-17-28(29,30)31)24-16-35(34-33-24)27(4,5)25(37)38-6/h7-12,15-16,22H,13-14,17H2,1-6H3/t22-/m0/s1. The largest absolute Gasteiger partial charge is 0.483 e. The Bertz CT molecular complexity index is 1280. The van der Waals surface area contributed by atoms with Gasteiger partial charge < -0.3 is 9.47 Å². The van der Waals surface area contributed by atoms with Gasteiger partial charge in [-0.05, 0) is 42.5 Å². The van der Waals surface area contributed by atoms with Crippen molar-refractivity contribution in [2.75, 3.05) is 13.7 Å². The number of ketones is 1. The number of ether oxygens (including phenoxy) is 2. The maximum atomic E-state index is 13.2. The van der Waals surface area contributed by atoms with Crippen molar-refractivity contribution in [1.82, 2.24) is 20.0 Å². The summed E-state index contributed by atoms with van der Waals surface area (Å²) in [6, 6.07) is 10.7. The molecule has 0 bridgehead atoms. The van der Waals surface area contributed by atoms with Gasteiger partial charge in [-0.15, -0.1) is 5.10 Å². The van der Waals surface area contributed by atoms with Gasteiger partial charge >= 0.3 is 12.1 Å². The van der Waals surface area contributed by atoms with Crippen molar-refractivity contribution in [1.29, 1.82) is 0 Å². The number of rotatable bonds is 10. The minimum Gasteiger partial charge on any atom is -0.483 e. The lowest BCUT2D eigenvalue weighted by Gasteiger charge is -2.21. The number of benzene rings is 1. The Morgan fingerprint density at radius 1 is 0.974 bits per heavy atom. The first kappa shape index (κ1) is 29.8. The molecule has 0 radical (unpaired) electrons. The monoisotopic (exact) mass is 546 g/mol. The number of esters is 1. The second-order valence-corrected chi connectivity index (χ2v) is 10.9. The van der Waals surface area contributed by atoms with Crippen molar-refractivity contribution in [3.63, 3.8) is 0 Å². The highest BCUT2D eigenvalue weighted by atomic mass is 19.4. The van der Waals surface area contributed by atoms with Crippen LogP contribution in [0.25, 0.3) is 0 Å². The Hall–Kier alpha value is -3.76. The van der Waals surface area contributed by atoms with Crippen LogP contribution in [0.3, 0.4) is 0 Å². The van der Waals surface area contributed by atoms with E-state index in [0.29, 0.717) is 11.4 Å². The molecule has 3 aromatic rings. The molecule has 0 aliphatic carbocycles. The molecule has 11 heteroatoms. The maximum Gasteiger partial charge on any atom is 0.422 e. The van der Waals surface area contributed by atoms with E-state index in [9.17, 15) is 22.8 Å². The predicted molar refractivity (Wildman–Crippen MR) is 137 cm³/mol. The number of carbonyl (C=O) groups is 2. The van der Waals surface area contributed by atoms with E-state index < -0.39 is 30.2 Å². The van der Waals surface area contributed by atoms with Crippen LogP contribution in [0.15, 0.2) is 48.8 Å². The van der Waals surface area contributed by atoms with Gasteiger partial charge in [0.1, 0.15) is 11.5 Å². The van der Waals surface area contributed by atoms with Crippen molar-refractivity contribution >= 4 is 11.8 Å². The molecule has 8 nitrogen and oxygen atoms in total. The number of alkyl halides is 3. The molecule has 1 atom stereocenters. The number of hydrogen-bond donors (Lipinski definition) is 0. The van der Waals surface area contributed by atoms with Crippen LogP contribution in [0.4, 0.5) is 13.2 Å². The van der Waals surface area contributed by atoms with Gasteiger partial charge in [0.05, 0.1) is 36.8 Å². The number of Topliss-reactive ketones (excluding diaryl/α,β-unsaturated/α-hetero) is 1. The lowest BCUT2D eigenvalue weighted by molar-refractivity contribution is -0.153. The molecule has 0 N–H and O–H groups in total. The summed E-state index contributed by atoms with van der Waals surface area (Å²) in [4.78, 5) is 29.7. The molecule has 210 valence electrons. The third-order valence-electron chi connectivity index (χ3n) is 6.30. The van der Waals surface area contributed by atoms with Gasteiger partial charge in [-0.25, -0.2) is 9.48 Å². The highest BCUT2D eigenvalue weighted by Gasteiger charge is 2.34. The zero-order valence-corrected chi connectivity index (χ0v) is 22.9. The quantitative estimate of drug-likeness (QED) is 0.324. The van der Waals surface area contributed by atoms with Crippen molar-refractivity contribution in [2.24, 2.45) is 0 Å². The molecule has 0 aliphatic rings. The molecule has 2 heterocycles. The zero-order valence-electron chi connectivity index (χ0n) is 22.9. The second-order valence-electron chi connectivity index (χ2n) is 10.9. The Balaban J connectivity index is 1.87. The maximum absolute atomic E-state index is 13.2. The Kier molecular flexibility index (Phi) is 8.82. The van der Waals surface area contributed by atoms with Gasteiger partial charge in [-0.1, -0.05) is 50.3 Å². The summed E-state index contributed by atoms with van der Waals surface area (Å²) in [7, 11) is 1.27. The smallest absolute Gasteiger partial charge is 0.422 e. The molecule has 0 unspecified atom stereocenters. The van der Waals surface area contributed by atoms with Gasteiger partial charge in [-0.2, -0.15) is 13.2 Å². The number of carbonyl (C=O) groups excluding carboxylic acids is 2. The summed E-state index contributed by atoms with van der Waals surface area (Å²) >= 11 is 0. The normalized spacial score (nSPS) is 13.2. The number of halogens is 3. The van der Waals surface area contributed by atoms with E-state index in [2.05, 4.69) is 36.1 Å². The zero-order chi connectivity index (χ0) is 29.0. The van der Waals surface area contributed by atoms with Crippen LogP contribution in [-0.2, 0) is 31.7 Å². The van der Waals surface area contributed by atoms with Crippen molar-refractivity contribution in [3.8, 4) is 5.75 Å². The molecule has 39 heavy (non-hydrogen) atoms. The minimum atomic E-state index is -4.48. The number of nitrogens with zero attached hydrogens (tertiary/aromatic N) is 4. The van der Waals surface area contributed by atoms with E-state index in [0.717, 1.165) is 11.1 Å². The summed E-state index contributed by atoms with van der Waals surface area (Å²) in [5.41, 5.74) is 1.60. The van der Waals surface area contributed by atoms with Crippen molar-refractivity contribution in [2.45, 2.75) is 70.5 Å². The van der Waals surface area contributed by atoms with Gasteiger partial charge in [0.2, 0.25) is 0 Å². The third-order valence-corrected chi connectivity index (χ3v) is 6.30. The summed E-state index contributed by atoms with van der Waals surface area (Å²) in [6.45, 7) is 8.12. The average molecular weight is 547 g/mol. The molecule has 0 saturated carbocycles. The minimum absolute atomic E-state index is 0.00806. The van der Waals surface area contributed by atoms with Gasteiger partial charge in [0.25, 0.3) is 0 Å². The van der Waals surface area contributed by atoms with E-state index in [1.54, 1.807) is 20.0 Å². The van der Waals surface area contributed by atoms with Crippen LogP contribution in [0.1, 0.15) is 69.5 Å². The van der Waals surface area contributed by atoms with E-state index in [-0.39, 0.29) is 29.8 Å². The molecular formula is C28H33F3N4O4. The Morgan fingerprint density at radius 3 is 2.18 bits per heavy atom. The Morgan fingerprint density at radius 2 is 1.64 bits per heavy atom. The number of hydrogen-bond acceptors (Lipinski definition) is 7. The number of pyridine rings is 1. The summed E-state index contributed by atoms with van der Waals surface area (Å²) < 4.78 is 48.5. The fourth-order valence-electron chi connectivity index (χ4n) is 3.91. The average Bonchev–Trinajstić information content (AvgIpc) is 3.36. The van der Waals surface area contributed by atoms with Crippen molar-refractivity contribution < 1.29 is 32.2 Å². The number of aromatic nitrogens is 4. The van der Waals surface area contributed by atoms with E-state index >= 15 is 0 Å². The van der Waals surface area contributed by atoms with Crippen LogP contribution in [-0.4, -0.2) is 51.6 Å². The molecule has 1 aromatic carbocycles. The SMILES string of the molecule is COC(=O)C(C)(C)n1cc([C@@H](CC(=O)Cc2ccc(C(C)(C)C)cc2)c2ccc(OCC(F)(F)F)cn2)nn1. The summed E-state index contributed by atoms with van der Waals surface area (Å²) in [6.07, 6.45) is -1.58. The first-order valence-electron chi connectivity index (χ1n) is 12.4. The van der Waals surface area contributed by atoms with Crippen LogP contribution in [0.2, 0.25) is 0 Å². The fourth-order valence-corrected chi connectivity index (χ4v) is 3.91. The molecule has 0 fully saturated rings. The molecule has 0 aliphatic heterocycles. The summed E-state index contributed by atoms with van der Waals surface area (Å²) in [5, 5.41) is 8.28. The fraction of sp³-hybridized carbons (Fsp3) is 0.464. The Labute approximate surface area is 225 Å². The topological polar surface area (TPSA) is 96.2 Å². The van der Waals surface area contributed by atoms with E-state index in [1.165, 1.54) is 30.1 Å². The van der Waals surface area contributed by atoms with Gasteiger partial charge in [0.15, 0.2) is 12.1 Å². The first-order valence-corrected chi connectivity index (χ1v) is 12.4. The highest BCUT2D eigenvalue weighted by molar-refractivity contribution is 5.82. The molecule has 3 rings (SSSR count). The molecule has 0 spiro atoms. The van der Waals surface area contributed by atoms with Gasteiger partial charge in [-0.3, -0.25) is 9.78 Å². The van der Waals surface area contributed by atoms with Crippen LogP contribution >= 0.6 is 0 Å². The lowest BCUT2D eigenvalue weighted by Crippen LogP contribution is -2.37. The molecule has 0 saturated heterocycles. The predicted octanol–water partition coefficient (Wildman–Crippen LogP) is 5.15. The third kappa shape index (κ3) is 7.87. The lowest BCUT2D eigenvalue weighted by atomic mass is 9.86. The first-order chi connectivity index (χ1) is 18.1. The van der Waals surface area contributed by atoms with E-state index in [4.69, 9.17) is 9.47 Å².